The number of anilines is 1. The average Bonchev–Trinajstić information content (AvgIpc) is 3.15. The summed E-state index contributed by atoms with van der Waals surface area (Å²) in [6.45, 7) is 1.93. The van der Waals surface area contributed by atoms with Crippen LogP contribution in [0, 0.1) is 11.8 Å². The van der Waals surface area contributed by atoms with E-state index in [-0.39, 0.29) is 21.8 Å². The second-order valence-corrected chi connectivity index (χ2v) is 8.30. The molecule has 2 N–H and O–H groups in total. The summed E-state index contributed by atoms with van der Waals surface area (Å²) < 4.78 is 50.4. The summed E-state index contributed by atoms with van der Waals surface area (Å²) in [6.07, 6.45) is -4.36. The van der Waals surface area contributed by atoms with E-state index >= 15 is 0 Å². The number of alkyl halides is 5. The number of amides is 1. The zero-order chi connectivity index (χ0) is 22.3. The lowest BCUT2D eigenvalue weighted by molar-refractivity contribution is -0.117. The number of carboxylic acids is 1. The molecule has 11 heteroatoms. The van der Waals surface area contributed by atoms with Gasteiger partial charge in [-0.1, -0.05) is 17.2 Å². The van der Waals surface area contributed by atoms with Gasteiger partial charge in [-0.2, -0.15) is 13.2 Å². The second kappa shape index (κ2) is 8.16. The molecular formula is C18H14Cl3F4NO3. The van der Waals surface area contributed by atoms with Crippen molar-refractivity contribution in [3.05, 3.63) is 51.8 Å². The van der Waals surface area contributed by atoms with Crippen molar-refractivity contribution in [1.29, 1.82) is 0 Å². The molecule has 1 aromatic carbocycles. The minimum absolute atomic E-state index is 0.0261. The fraction of sp³-hybridized carbons (Fsp3) is 0.333. The van der Waals surface area contributed by atoms with Gasteiger partial charge < -0.3 is 10.4 Å². The molecule has 0 aromatic heterocycles. The molecule has 0 unspecified atom stereocenters. The quantitative estimate of drug-likeness (QED) is 0.306. The molecule has 4 nitrogen and oxygen atoms in total. The van der Waals surface area contributed by atoms with E-state index in [1.807, 2.05) is 0 Å². The smallest absolute Gasteiger partial charge is 0.418 e. The van der Waals surface area contributed by atoms with Gasteiger partial charge >= 0.3 is 12.1 Å². The molecule has 1 aliphatic rings. The normalized spacial score (nSPS) is 22.0. The minimum atomic E-state index is -4.93. The molecule has 2 atom stereocenters. The van der Waals surface area contributed by atoms with Crippen LogP contribution in [-0.4, -0.2) is 27.5 Å². The molecule has 0 heterocycles. The van der Waals surface area contributed by atoms with Crippen molar-refractivity contribution in [2.24, 2.45) is 11.8 Å². The summed E-state index contributed by atoms with van der Waals surface area (Å²) in [5.74, 6) is -5.60. The van der Waals surface area contributed by atoms with Gasteiger partial charge in [0.05, 0.1) is 22.1 Å². The predicted octanol–water partition coefficient (Wildman–Crippen LogP) is 6.15. The Labute approximate surface area is 178 Å². The Hall–Kier alpha value is -1.77. The van der Waals surface area contributed by atoms with Gasteiger partial charge in [0, 0.05) is 11.6 Å². The fourth-order valence-corrected chi connectivity index (χ4v) is 4.02. The summed E-state index contributed by atoms with van der Waals surface area (Å²) in [5.41, 5.74) is -1.69. The van der Waals surface area contributed by atoms with E-state index < -0.39 is 45.6 Å². The second-order valence-electron chi connectivity index (χ2n) is 6.45. The van der Waals surface area contributed by atoms with E-state index in [1.54, 1.807) is 0 Å². The summed E-state index contributed by atoms with van der Waals surface area (Å²) in [6, 6.07) is 3.72. The van der Waals surface area contributed by atoms with Gasteiger partial charge in [-0.3, -0.25) is 4.79 Å². The number of halogens is 7. The maximum atomic E-state index is 13.3. The Balaban J connectivity index is 2.25. The van der Waals surface area contributed by atoms with Crippen LogP contribution in [0.25, 0.3) is 0 Å². The first kappa shape index (κ1) is 23.5. The number of hydrogen-bond acceptors (Lipinski definition) is 2. The summed E-state index contributed by atoms with van der Waals surface area (Å²) in [4.78, 5) is 23.6. The SMILES string of the molecule is C/C(F)=C(\C=C(/C)[C@H]1[C@H](C(=O)Nc2ccc(Cl)c(C(=O)O)c2)C1(Cl)Cl)C(F)(F)F. The average molecular weight is 475 g/mol. The Morgan fingerprint density at radius 3 is 2.28 bits per heavy atom. The number of carbonyl (C=O) groups is 2. The van der Waals surface area contributed by atoms with Crippen LogP contribution in [0.4, 0.5) is 23.2 Å². The van der Waals surface area contributed by atoms with Gasteiger partial charge in [0.2, 0.25) is 5.91 Å². The zero-order valence-electron chi connectivity index (χ0n) is 14.9. The Morgan fingerprint density at radius 1 is 1.21 bits per heavy atom. The van der Waals surface area contributed by atoms with Crippen molar-refractivity contribution >= 4 is 52.4 Å². The van der Waals surface area contributed by atoms with Crippen LogP contribution in [0.3, 0.4) is 0 Å². The first-order chi connectivity index (χ1) is 13.2. The number of nitrogens with one attached hydrogen (secondary N) is 1. The molecule has 0 spiro atoms. The molecule has 0 bridgehead atoms. The van der Waals surface area contributed by atoms with Crippen molar-refractivity contribution in [3.8, 4) is 0 Å². The number of aromatic carboxylic acids is 1. The third-order valence-corrected chi connectivity index (χ3v) is 5.61. The highest BCUT2D eigenvalue weighted by Gasteiger charge is 2.67. The van der Waals surface area contributed by atoms with E-state index in [0.717, 1.165) is 6.07 Å². The Morgan fingerprint density at radius 2 is 1.79 bits per heavy atom. The molecule has 0 radical (unpaired) electrons. The van der Waals surface area contributed by atoms with E-state index in [0.29, 0.717) is 13.0 Å². The molecule has 158 valence electrons. The largest absolute Gasteiger partial charge is 0.478 e. The third kappa shape index (κ3) is 5.05. The minimum Gasteiger partial charge on any atom is -0.478 e. The lowest BCUT2D eigenvalue weighted by Gasteiger charge is -2.10. The first-order valence-electron chi connectivity index (χ1n) is 8.01. The van der Waals surface area contributed by atoms with E-state index in [9.17, 15) is 27.2 Å². The number of allylic oxidation sites excluding steroid dienone is 4. The molecular weight excluding hydrogens is 461 g/mol. The maximum Gasteiger partial charge on any atom is 0.418 e. The van der Waals surface area contributed by atoms with Crippen molar-refractivity contribution in [1.82, 2.24) is 0 Å². The number of carbonyl (C=O) groups excluding carboxylic acids is 1. The molecule has 1 amide bonds. The molecule has 29 heavy (non-hydrogen) atoms. The van der Waals surface area contributed by atoms with Gasteiger partial charge in [0.1, 0.15) is 10.2 Å². The monoisotopic (exact) mass is 473 g/mol. The van der Waals surface area contributed by atoms with Crippen LogP contribution < -0.4 is 5.32 Å². The lowest BCUT2D eigenvalue weighted by atomic mass is 10.1. The van der Waals surface area contributed by atoms with Gasteiger partial charge in [-0.15, -0.1) is 23.2 Å². The number of hydrogen-bond donors (Lipinski definition) is 2. The third-order valence-electron chi connectivity index (χ3n) is 4.34. The standard InChI is InChI=1S/C18H14Cl3F4NO3/c1-7(5-11(8(2)22)18(23,24)25)13-14(17(13,20)21)15(27)26-9-3-4-12(19)10(6-9)16(28)29/h3-6,13-14H,1-2H3,(H,26,27)(H,28,29)/b7-5+,11-8-/t13-,14+/m0/s1. The molecule has 1 aliphatic carbocycles. The van der Waals surface area contributed by atoms with Crippen molar-refractivity contribution in [3.63, 3.8) is 0 Å². The lowest BCUT2D eigenvalue weighted by Crippen LogP contribution is -2.17. The van der Waals surface area contributed by atoms with Crippen LogP contribution in [0.5, 0.6) is 0 Å². The van der Waals surface area contributed by atoms with E-state index in [4.69, 9.17) is 39.9 Å². The molecule has 1 fully saturated rings. The van der Waals surface area contributed by atoms with Crippen molar-refractivity contribution in [2.75, 3.05) is 5.32 Å². The van der Waals surface area contributed by atoms with Crippen LogP contribution >= 0.6 is 34.8 Å². The molecule has 0 saturated heterocycles. The first-order valence-corrected chi connectivity index (χ1v) is 9.14. The van der Waals surface area contributed by atoms with Gasteiger partial charge in [-0.25, -0.2) is 9.18 Å². The van der Waals surface area contributed by atoms with Crippen molar-refractivity contribution < 1.29 is 32.3 Å². The number of carboxylic acid groups (broad SMARTS) is 1. The Bertz CT molecular complexity index is 921. The maximum absolute atomic E-state index is 13.3. The van der Waals surface area contributed by atoms with E-state index in [2.05, 4.69) is 5.32 Å². The molecule has 1 aromatic rings. The zero-order valence-corrected chi connectivity index (χ0v) is 17.1. The highest BCUT2D eigenvalue weighted by atomic mass is 35.5. The Kier molecular flexibility index (Phi) is 6.62. The highest BCUT2D eigenvalue weighted by molar-refractivity contribution is 6.53. The van der Waals surface area contributed by atoms with Gasteiger partial charge in [0.15, 0.2) is 0 Å². The predicted molar refractivity (Wildman–Crippen MR) is 102 cm³/mol. The van der Waals surface area contributed by atoms with Crippen LogP contribution in [0.2, 0.25) is 5.02 Å². The van der Waals surface area contributed by atoms with Gasteiger partial charge in [0.25, 0.3) is 0 Å². The number of rotatable bonds is 5. The number of benzene rings is 1. The summed E-state index contributed by atoms with van der Waals surface area (Å²) in [5, 5.41) is 11.4. The van der Waals surface area contributed by atoms with Crippen LogP contribution in [0.1, 0.15) is 24.2 Å². The molecule has 1 saturated carbocycles. The van der Waals surface area contributed by atoms with E-state index in [1.165, 1.54) is 19.1 Å². The molecule has 0 aliphatic heterocycles. The van der Waals surface area contributed by atoms with Crippen LogP contribution in [-0.2, 0) is 4.79 Å². The van der Waals surface area contributed by atoms with Crippen LogP contribution in [0.15, 0.2) is 41.2 Å². The van der Waals surface area contributed by atoms with Gasteiger partial charge in [-0.05, 0) is 38.1 Å². The summed E-state index contributed by atoms with van der Waals surface area (Å²) >= 11 is 17.9. The fourth-order valence-electron chi connectivity index (χ4n) is 2.90. The highest BCUT2D eigenvalue weighted by Crippen LogP contribution is 2.63. The molecule has 2 rings (SSSR count). The van der Waals surface area contributed by atoms with Crippen molar-refractivity contribution in [2.45, 2.75) is 24.4 Å². The topological polar surface area (TPSA) is 66.4 Å². The summed E-state index contributed by atoms with van der Waals surface area (Å²) in [7, 11) is 0.